The van der Waals surface area contributed by atoms with Crippen molar-refractivity contribution >= 4 is 5.95 Å². The van der Waals surface area contributed by atoms with E-state index >= 15 is 0 Å². The summed E-state index contributed by atoms with van der Waals surface area (Å²) in [7, 11) is 0. The molecule has 0 bridgehead atoms. The van der Waals surface area contributed by atoms with E-state index in [0.717, 1.165) is 5.95 Å². The van der Waals surface area contributed by atoms with Crippen LogP contribution in [0.25, 0.3) is 0 Å². The first-order valence-corrected chi connectivity index (χ1v) is 6.13. The molecule has 0 amide bonds. The number of hydrogen-bond donors (Lipinski definition) is 1. The van der Waals surface area contributed by atoms with Crippen molar-refractivity contribution in [1.82, 2.24) is 9.55 Å². The fourth-order valence-electron chi connectivity index (χ4n) is 1.94. The molecule has 0 aliphatic carbocycles. The van der Waals surface area contributed by atoms with Gasteiger partial charge in [0.2, 0.25) is 5.95 Å². The summed E-state index contributed by atoms with van der Waals surface area (Å²) in [6.07, 6.45) is 3.66. The van der Waals surface area contributed by atoms with Crippen LogP contribution in [0.4, 0.5) is 10.3 Å². The maximum Gasteiger partial charge on any atom is 0.203 e. The molecule has 0 aliphatic heterocycles. The minimum absolute atomic E-state index is 0.119. The largest absolute Gasteiger partial charge is 0.349 e. The van der Waals surface area contributed by atoms with Gasteiger partial charge in [-0.15, -0.1) is 0 Å². The zero-order valence-electron chi connectivity index (χ0n) is 10.9. The third kappa shape index (κ3) is 2.53. The molecule has 0 fully saturated rings. The number of anilines is 1. The third-order valence-corrected chi connectivity index (χ3v) is 2.94. The van der Waals surface area contributed by atoms with E-state index in [4.69, 9.17) is 0 Å². The van der Waals surface area contributed by atoms with Crippen LogP contribution >= 0.6 is 0 Å². The number of nitrogens with zero attached hydrogens (tertiary/aromatic N) is 2. The second-order valence-corrected chi connectivity index (χ2v) is 4.64. The molecule has 96 valence electrons. The van der Waals surface area contributed by atoms with Crippen molar-refractivity contribution in [2.75, 3.05) is 5.32 Å². The predicted molar refractivity (Wildman–Crippen MR) is 71.0 cm³/mol. The zero-order valence-corrected chi connectivity index (χ0v) is 10.9. The molecule has 3 nitrogen and oxygen atoms in total. The molecule has 0 radical (unpaired) electrons. The molecule has 1 aromatic heterocycles. The normalized spacial score (nSPS) is 12.7. The van der Waals surface area contributed by atoms with Gasteiger partial charge in [0.1, 0.15) is 5.82 Å². The van der Waals surface area contributed by atoms with Gasteiger partial charge in [-0.25, -0.2) is 9.37 Å². The van der Waals surface area contributed by atoms with Gasteiger partial charge in [0.15, 0.2) is 0 Å². The smallest absolute Gasteiger partial charge is 0.203 e. The Kier molecular flexibility index (Phi) is 3.65. The Morgan fingerprint density at radius 2 is 1.94 bits per heavy atom. The molecular weight excluding hydrogens is 229 g/mol. The minimum atomic E-state index is -0.194. The SMILES string of the molecule is CC(Nc1nccn1C(C)C)c1ccccc1F. The summed E-state index contributed by atoms with van der Waals surface area (Å²) < 4.78 is 15.7. The number of benzene rings is 1. The number of imidazole rings is 1. The van der Waals surface area contributed by atoms with Crippen LogP contribution in [0.15, 0.2) is 36.7 Å². The van der Waals surface area contributed by atoms with Gasteiger partial charge in [-0.3, -0.25) is 0 Å². The maximum atomic E-state index is 13.7. The molecule has 1 unspecified atom stereocenters. The quantitative estimate of drug-likeness (QED) is 0.891. The van der Waals surface area contributed by atoms with Crippen LogP contribution in [0.3, 0.4) is 0 Å². The molecule has 1 atom stereocenters. The Labute approximate surface area is 107 Å². The van der Waals surface area contributed by atoms with Gasteiger partial charge in [0.05, 0.1) is 6.04 Å². The highest BCUT2D eigenvalue weighted by Gasteiger charge is 2.13. The van der Waals surface area contributed by atoms with Crippen LogP contribution in [-0.4, -0.2) is 9.55 Å². The standard InChI is InChI=1S/C14H18FN3/c1-10(2)18-9-8-16-14(18)17-11(3)12-6-4-5-7-13(12)15/h4-11H,1-3H3,(H,16,17). The van der Waals surface area contributed by atoms with E-state index in [0.29, 0.717) is 11.6 Å². The molecule has 0 saturated carbocycles. The fraction of sp³-hybridized carbons (Fsp3) is 0.357. The van der Waals surface area contributed by atoms with E-state index in [-0.39, 0.29) is 11.9 Å². The number of rotatable bonds is 4. The van der Waals surface area contributed by atoms with Gasteiger partial charge in [-0.05, 0) is 26.8 Å². The highest BCUT2D eigenvalue weighted by Crippen LogP contribution is 2.22. The van der Waals surface area contributed by atoms with Crippen molar-refractivity contribution < 1.29 is 4.39 Å². The lowest BCUT2D eigenvalue weighted by Gasteiger charge is -2.18. The molecule has 2 aromatic rings. The number of aromatic nitrogens is 2. The van der Waals surface area contributed by atoms with Crippen molar-refractivity contribution in [1.29, 1.82) is 0 Å². The average Bonchev–Trinajstić information content (AvgIpc) is 2.77. The fourth-order valence-corrected chi connectivity index (χ4v) is 1.94. The molecule has 0 spiro atoms. The molecule has 0 saturated heterocycles. The molecule has 0 aliphatic rings. The van der Waals surface area contributed by atoms with E-state index in [2.05, 4.69) is 24.1 Å². The van der Waals surface area contributed by atoms with Crippen LogP contribution in [0, 0.1) is 5.82 Å². The molecule has 4 heteroatoms. The average molecular weight is 247 g/mol. The number of hydrogen-bond acceptors (Lipinski definition) is 2. The van der Waals surface area contributed by atoms with Gasteiger partial charge in [0, 0.05) is 24.0 Å². The molecule has 18 heavy (non-hydrogen) atoms. The van der Waals surface area contributed by atoms with Crippen LogP contribution in [-0.2, 0) is 0 Å². The summed E-state index contributed by atoms with van der Waals surface area (Å²) in [5.74, 6) is 0.570. The molecule has 1 heterocycles. The number of nitrogens with one attached hydrogen (secondary N) is 1. The maximum absolute atomic E-state index is 13.7. The van der Waals surface area contributed by atoms with E-state index in [1.807, 2.05) is 23.8 Å². The summed E-state index contributed by atoms with van der Waals surface area (Å²) in [5, 5.41) is 3.24. The Hall–Kier alpha value is -1.84. The van der Waals surface area contributed by atoms with E-state index in [1.165, 1.54) is 6.07 Å². The van der Waals surface area contributed by atoms with Gasteiger partial charge in [-0.1, -0.05) is 18.2 Å². The van der Waals surface area contributed by atoms with E-state index < -0.39 is 0 Å². The van der Waals surface area contributed by atoms with Gasteiger partial charge in [0.25, 0.3) is 0 Å². The van der Waals surface area contributed by atoms with Crippen LogP contribution in [0.2, 0.25) is 0 Å². The molecule has 2 rings (SSSR count). The van der Waals surface area contributed by atoms with Crippen LogP contribution < -0.4 is 5.32 Å². The lowest BCUT2D eigenvalue weighted by molar-refractivity contribution is 0.586. The highest BCUT2D eigenvalue weighted by atomic mass is 19.1. The summed E-state index contributed by atoms with van der Waals surface area (Å²) in [5.41, 5.74) is 0.649. The van der Waals surface area contributed by atoms with Crippen molar-refractivity contribution in [3.05, 3.63) is 48.0 Å². The topological polar surface area (TPSA) is 29.9 Å². The molecule has 1 aromatic carbocycles. The molecular formula is C14H18FN3. The summed E-state index contributed by atoms with van der Waals surface area (Å²) in [6.45, 7) is 6.10. The summed E-state index contributed by atoms with van der Waals surface area (Å²) in [6, 6.07) is 7.00. The Morgan fingerprint density at radius 1 is 1.22 bits per heavy atom. The van der Waals surface area contributed by atoms with Crippen molar-refractivity contribution in [2.45, 2.75) is 32.9 Å². The van der Waals surface area contributed by atoms with Crippen LogP contribution in [0.5, 0.6) is 0 Å². The van der Waals surface area contributed by atoms with E-state index in [9.17, 15) is 4.39 Å². The van der Waals surface area contributed by atoms with Gasteiger partial charge < -0.3 is 9.88 Å². The highest BCUT2D eigenvalue weighted by molar-refractivity contribution is 5.33. The summed E-state index contributed by atoms with van der Waals surface area (Å²) in [4.78, 5) is 4.26. The Morgan fingerprint density at radius 3 is 2.61 bits per heavy atom. The summed E-state index contributed by atoms with van der Waals surface area (Å²) >= 11 is 0. The predicted octanol–water partition coefficient (Wildman–Crippen LogP) is 3.78. The molecule has 1 N–H and O–H groups in total. The van der Waals surface area contributed by atoms with E-state index in [1.54, 1.807) is 18.3 Å². The first-order chi connectivity index (χ1) is 8.59. The lowest BCUT2D eigenvalue weighted by atomic mass is 10.1. The first-order valence-electron chi connectivity index (χ1n) is 6.13. The Balaban J connectivity index is 2.19. The van der Waals surface area contributed by atoms with Gasteiger partial charge >= 0.3 is 0 Å². The lowest BCUT2D eigenvalue weighted by Crippen LogP contribution is -2.13. The minimum Gasteiger partial charge on any atom is -0.349 e. The Bertz CT molecular complexity index is 519. The van der Waals surface area contributed by atoms with Crippen molar-refractivity contribution in [3.8, 4) is 0 Å². The monoisotopic (exact) mass is 247 g/mol. The van der Waals surface area contributed by atoms with Crippen molar-refractivity contribution in [2.24, 2.45) is 0 Å². The zero-order chi connectivity index (χ0) is 13.1. The number of halogens is 1. The van der Waals surface area contributed by atoms with Crippen molar-refractivity contribution in [3.63, 3.8) is 0 Å². The van der Waals surface area contributed by atoms with Crippen LogP contribution in [0.1, 0.15) is 38.4 Å². The first kappa shape index (κ1) is 12.6. The second kappa shape index (κ2) is 5.21. The third-order valence-electron chi connectivity index (χ3n) is 2.94. The van der Waals surface area contributed by atoms with Gasteiger partial charge in [-0.2, -0.15) is 0 Å². The second-order valence-electron chi connectivity index (χ2n) is 4.64.